The van der Waals surface area contributed by atoms with Crippen molar-refractivity contribution in [3.8, 4) is 0 Å². The zero-order valence-corrected chi connectivity index (χ0v) is 7.50. The van der Waals surface area contributed by atoms with Gasteiger partial charge >= 0.3 is 0 Å². The van der Waals surface area contributed by atoms with Gasteiger partial charge in [0.05, 0.1) is 6.10 Å². The molecule has 1 N–H and O–H groups in total. The van der Waals surface area contributed by atoms with Crippen LogP contribution in [0.15, 0.2) is 0 Å². The molecule has 0 saturated heterocycles. The summed E-state index contributed by atoms with van der Waals surface area (Å²) in [7, 11) is 0. The minimum absolute atomic E-state index is 0.0278. The molecule has 0 aromatic carbocycles. The Bertz CT molecular complexity index is 125. The highest BCUT2D eigenvalue weighted by Crippen LogP contribution is 1.96. The van der Waals surface area contributed by atoms with Gasteiger partial charge in [-0.3, -0.25) is 4.79 Å². The zero-order chi connectivity index (χ0) is 8.85. The van der Waals surface area contributed by atoms with Crippen molar-refractivity contribution in [3.05, 3.63) is 0 Å². The van der Waals surface area contributed by atoms with E-state index in [2.05, 4.69) is 0 Å². The van der Waals surface area contributed by atoms with Crippen LogP contribution >= 0.6 is 0 Å². The van der Waals surface area contributed by atoms with Gasteiger partial charge in [0.2, 0.25) is 5.91 Å². The van der Waals surface area contributed by atoms with Gasteiger partial charge in [-0.2, -0.15) is 0 Å². The fourth-order valence-corrected chi connectivity index (χ4v) is 0.864. The Labute approximate surface area is 68.0 Å². The van der Waals surface area contributed by atoms with Crippen molar-refractivity contribution in [3.63, 3.8) is 0 Å². The highest BCUT2D eigenvalue weighted by Gasteiger charge is 2.09. The number of hydrogen-bond donors (Lipinski definition) is 1. The van der Waals surface area contributed by atoms with E-state index in [0.717, 1.165) is 0 Å². The summed E-state index contributed by atoms with van der Waals surface area (Å²) in [6.45, 7) is 6.46. The first kappa shape index (κ1) is 10.4. The summed E-state index contributed by atoms with van der Waals surface area (Å²) in [5.74, 6) is 0.0278. The van der Waals surface area contributed by atoms with Gasteiger partial charge in [0.15, 0.2) is 0 Å². The SMILES string of the molecule is CCC(O)CN(CC)C(C)=O. The van der Waals surface area contributed by atoms with Crippen LogP contribution in [0, 0.1) is 0 Å². The minimum Gasteiger partial charge on any atom is -0.391 e. The number of rotatable bonds is 4. The van der Waals surface area contributed by atoms with Crippen molar-refractivity contribution >= 4 is 5.91 Å². The number of carbonyl (C=O) groups is 1. The van der Waals surface area contributed by atoms with E-state index in [-0.39, 0.29) is 12.0 Å². The molecule has 1 atom stereocenters. The average molecular weight is 159 g/mol. The number of aliphatic hydroxyl groups is 1. The molecule has 0 bridgehead atoms. The van der Waals surface area contributed by atoms with E-state index in [1.807, 2.05) is 13.8 Å². The van der Waals surface area contributed by atoms with Gasteiger partial charge in [-0.05, 0) is 13.3 Å². The summed E-state index contributed by atoms with van der Waals surface area (Å²) in [6, 6.07) is 0. The molecule has 0 aliphatic carbocycles. The van der Waals surface area contributed by atoms with Gasteiger partial charge in [0, 0.05) is 20.0 Å². The molecule has 1 amide bonds. The molecule has 0 saturated carbocycles. The summed E-state index contributed by atoms with van der Waals surface area (Å²) in [4.78, 5) is 12.5. The van der Waals surface area contributed by atoms with Crippen molar-refractivity contribution in [2.24, 2.45) is 0 Å². The highest BCUT2D eigenvalue weighted by molar-refractivity contribution is 5.73. The number of aliphatic hydroxyl groups excluding tert-OH is 1. The van der Waals surface area contributed by atoms with E-state index in [1.165, 1.54) is 6.92 Å². The normalized spacial score (nSPS) is 12.7. The van der Waals surface area contributed by atoms with Crippen molar-refractivity contribution in [1.82, 2.24) is 4.90 Å². The smallest absolute Gasteiger partial charge is 0.219 e. The third-order valence-corrected chi connectivity index (χ3v) is 1.73. The van der Waals surface area contributed by atoms with Gasteiger partial charge in [-0.15, -0.1) is 0 Å². The summed E-state index contributed by atoms with van der Waals surface area (Å²) < 4.78 is 0. The predicted octanol–water partition coefficient (Wildman–Crippen LogP) is 0.626. The van der Waals surface area contributed by atoms with Crippen LogP contribution in [0.2, 0.25) is 0 Å². The number of carbonyl (C=O) groups excluding carboxylic acids is 1. The second-order valence-electron chi connectivity index (χ2n) is 2.62. The average Bonchev–Trinajstić information content (AvgIpc) is 1.99. The number of likely N-dealkylation sites (N-methyl/N-ethyl adjacent to an activating group) is 1. The van der Waals surface area contributed by atoms with Gasteiger partial charge < -0.3 is 10.0 Å². The summed E-state index contributed by atoms with van der Waals surface area (Å²) in [5, 5.41) is 9.21. The largest absolute Gasteiger partial charge is 0.391 e. The van der Waals surface area contributed by atoms with Crippen LogP contribution < -0.4 is 0 Å². The van der Waals surface area contributed by atoms with E-state index in [1.54, 1.807) is 4.90 Å². The van der Waals surface area contributed by atoms with Crippen molar-refractivity contribution in [2.75, 3.05) is 13.1 Å². The Morgan fingerprint density at radius 1 is 1.55 bits per heavy atom. The summed E-state index contributed by atoms with van der Waals surface area (Å²) in [6.07, 6.45) is 0.322. The molecule has 11 heavy (non-hydrogen) atoms. The minimum atomic E-state index is -0.376. The van der Waals surface area contributed by atoms with Crippen LogP contribution in [-0.2, 0) is 4.79 Å². The molecular weight excluding hydrogens is 142 g/mol. The molecule has 1 unspecified atom stereocenters. The monoisotopic (exact) mass is 159 g/mol. The Morgan fingerprint density at radius 2 is 2.09 bits per heavy atom. The predicted molar refractivity (Wildman–Crippen MR) is 44.2 cm³/mol. The van der Waals surface area contributed by atoms with Crippen LogP contribution in [-0.4, -0.2) is 35.1 Å². The molecule has 66 valence electrons. The van der Waals surface area contributed by atoms with Crippen LogP contribution in [0.5, 0.6) is 0 Å². The third-order valence-electron chi connectivity index (χ3n) is 1.73. The second-order valence-corrected chi connectivity index (χ2v) is 2.62. The van der Waals surface area contributed by atoms with E-state index >= 15 is 0 Å². The van der Waals surface area contributed by atoms with Crippen LogP contribution in [0.3, 0.4) is 0 Å². The van der Waals surface area contributed by atoms with E-state index < -0.39 is 0 Å². The molecule has 0 aliphatic rings. The maximum atomic E-state index is 10.8. The van der Waals surface area contributed by atoms with Gasteiger partial charge in [-0.1, -0.05) is 6.92 Å². The van der Waals surface area contributed by atoms with Crippen molar-refractivity contribution in [1.29, 1.82) is 0 Å². The first-order chi connectivity index (χ1) is 5.11. The maximum Gasteiger partial charge on any atom is 0.219 e. The Kier molecular flexibility index (Phi) is 4.86. The molecule has 0 aliphatic heterocycles. The zero-order valence-electron chi connectivity index (χ0n) is 7.50. The summed E-state index contributed by atoms with van der Waals surface area (Å²) >= 11 is 0. The van der Waals surface area contributed by atoms with Crippen LogP contribution in [0.1, 0.15) is 27.2 Å². The number of hydrogen-bond acceptors (Lipinski definition) is 2. The Hall–Kier alpha value is -0.570. The second kappa shape index (κ2) is 5.13. The molecule has 3 heteroatoms. The van der Waals surface area contributed by atoms with E-state index in [0.29, 0.717) is 19.5 Å². The van der Waals surface area contributed by atoms with Crippen molar-refractivity contribution in [2.45, 2.75) is 33.3 Å². The van der Waals surface area contributed by atoms with Gasteiger partial charge in [0.1, 0.15) is 0 Å². The van der Waals surface area contributed by atoms with Gasteiger partial charge in [-0.25, -0.2) is 0 Å². The first-order valence-electron chi connectivity index (χ1n) is 4.05. The maximum absolute atomic E-state index is 10.8. The number of amides is 1. The molecule has 0 spiro atoms. The van der Waals surface area contributed by atoms with E-state index in [9.17, 15) is 9.90 Å². The molecule has 0 fully saturated rings. The molecule has 0 radical (unpaired) electrons. The molecule has 3 nitrogen and oxygen atoms in total. The van der Waals surface area contributed by atoms with Gasteiger partial charge in [0.25, 0.3) is 0 Å². The quantitative estimate of drug-likeness (QED) is 0.653. The fraction of sp³-hybridized carbons (Fsp3) is 0.875. The van der Waals surface area contributed by atoms with Crippen LogP contribution in [0.4, 0.5) is 0 Å². The lowest BCUT2D eigenvalue weighted by Crippen LogP contribution is -2.35. The lowest BCUT2D eigenvalue weighted by molar-refractivity contribution is -0.130. The van der Waals surface area contributed by atoms with E-state index in [4.69, 9.17) is 0 Å². The highest BCUT2D eigenvalue weighted by atomic mass is 16.3. The summed E-state index contributed by atoms with van der Waals surface area (Å²) in [5.41, 5.74) is 0. The number of nitrogens with zero attached hydrogens (tertiary/aromatic N) is 1. The molecule has 0 heterocycles. The Balaban J connectivity index is 3.77. The molecule has 0 rings (SSSR count). The lowest BCUT2D eigenvalue weighted by Gasteiger charge is -2.21. The third kappa shape index (κ3) is 3.98. The molecular formula is C8H17NO2. The molecule has 0 aromatic heterocycles. The van der Waals surface area contributed by atoms with Crippen molar-refractivity contribution < 1.29 is 9.90 Å². The van der Waals surface area contributed by atoms with Crippen LogP contribution in [0.25, 0.3) is 0 Å². The topological polar surface area (TPSA) is 40.5 Å². The molecule has 0 aromatic rings. The lowest BCUT2D eigenvalue weighted by atomic mass is 10.2. The fourth-order valence-electron chi connectivity index (χ4n) is 0.864. The Morgan fingerprint density at radius 3 is 2.36 bits per heavy atom. The standard InChI is InChI=1S/C8H17NO2/c1-4-8(11)6-9(5-2)7(3)10/h8,11H,4-6H2,1-3H3. The first-order valence-corrected chi connectivity index (χ1v) is 4.05.